The van der Waals surface area contributed by atoms with Crippen LogP contribution in [0.25, 0.3) is 6.08 Å². The van der Waals surface area contributed by atoms with Crippen LogP contribution in [0.2, 0.25) is 13.1 Å². The van der Waals surface area contributed by atoms with E-state index in [1.165, 1.54) is 11.1 Å². The highest BCUT2D eigenvalue weighted by atomic mass is 35.7. The Bertz CT molecular complexity index is 719. The van der Waals surface area contributed by atoms with E-state index in [2.05, 4.69) is 85.9 Å². The van der Waals surface area contributed by atoms with E-state index in [0.717, 1.165) is 39.1 Å². The van der Waals surface area contributed by atoms with Crippen LogP contribution in [0.4, 0.5) is 0 Å². The van der Waals surface area contributed by atoms with Crippen molar-refractivity contribution in [1.29, 1.82) is 0 Å². The maximum atomic E-state index is 9.40. The standard InChI is InChI=1S/C20H33NO2Si.CH3ClO2S/c1-20(2,3)19(23-24(4)5)18(15-17-9-7-6-8-10-17)16-21-11-13-22-14-12-21;1-5(2,3)4/h6-10,15,19,24H,11-14,16H2,1-5H3;1H3. The highest BCUT2D eigenvalue weighted by Crippen LogP contribution is 2.30. The number of hydrogen-bond acceptors (Lipinski definition) is 5. The molecular weight excluding hydrogens is 426 g/mol. The maximum absolute atomic E-state index is 9.40. The number of hydrogen-bond donors (Lipinski definition) is 0. The normalized spacial score (nSPS) is 17.6. The number of nitrogens with zero attached hydrogens (tertiary/aromatic N) is 1. The van der Waals surface area contributed by atoms with Gasteiger partial charge < -0.3 is 9.16 Å². The van der Waals surface area contributed by atoms with E-state index in [1.54, 1.807) is 0 Å². The van der Waals surface area contributed by atoms with Gasteiger partial charge in [0.25, 0.3) is 0 Å². The molecule has 0 aliphatic carbocycles. The average Bonchev–Trinajstić information content (AvgIpc) is 2.58. The van der Waals surface area contributed by atoms with Crippen LogP contribution in [-0.4, -0.2) is 67.6 Å². The van der Waals surface area contributed by atoms with Crippen LogP contribution in [0.15, 0.2) is 35.9 Å². The van der Waals surface area contributed by atoms with Gasteiger partial charge in [-0.3, -0.25) is 4.90 Å². The molecule has 0 aromatic heterocycles. The van der Waals surface area contributed by atoms with E-state index in [1.807, 2.05) is 0 Å². The van der Waals surface area contributed by atoms with Crippen molar-refractivity contribution >= 4 is 34.8 Å². The van der Waals surface area contributed by atoms with E-state index in [-0.39, 0.29) is 11.5 Å². The van der Waals surface area contributed by atoms with Crippen molar-refractivity contribution in [3.8, 4) is 0 Å². The molecule has 2 rings (SSSR count). The molecular formula is C21H36ClNO4SSi. The van der Waals surface area contributed by atoms with Crippen LogP contribution in [-0.2, 0) is 18.2 Å². The summed E-state index contributed by atoms with van der Waals surface area (Å²) in [4.78, 5) is 2.49. The van der Waals surface area contributed by atoms with Crippen molar-refractivity contribution in [2.24, 2.45) is 5.41 Å². The van der Waals surface area contributed by atoms with Gasteiger partial charge in [0.15, 0.2) is 9.04 Å². The molecule has 29 heavy (non-hydrogen) atoms. The zero-order chi connectivity index (χ0) is 22.1. The third-order valence-corrected chi connectivity index (χ3v) is 5.01. The molecule has 1 heterocycles. The predicted molar refractivity (Wildman–Crippen MR) is 126 cm³/mol. The van der Waals surface area contributed by atoms with Gasteiger partial charge in [-0.2, -0.15) is 0 Å². The van der Waals surface area contributed by atoms with Gasteiger partial charge in [0.2, 0.25) is 9.05 Å². The molecule has 0 amide bonds. The van der Waals surface area contributed by atoms with Gasteiger partial charge in [-0.25, -0.2) is 8.42 Å². The Hall–Kier alpha value is -0.703. The minimum absolute atomic E-state index is 0.0875. The molecule has 0 bridgehead atoms. The first kappa shape index (κ1) is 26.3. The minimum Gasteiger partial charge on any atom is -0.413 e. The third kappa shape index (κ3) is 12.6. The number of ether oxygens (including phenoxy) is 1. The molecule has 1 unspecified atom stereocenters. The van der Waals surface area contributed by atoms with E-state index in [0.29, 0.717) is 0 Å². The number of rotatable bonds is 6. The van der Waals surface area contributed by atoms with Crippen LogP contribution in [0.5, 0.6) is 0 Å². The molecule has 0 spiro atoms. The Morgan fingerprint density at radius 2 is 1.76 bits per heavy atom. The lowest BCUT2D eigenvalue weighted by Gasteiger charge is -2.37. The summed E-state index contributed by atoms with van der Waals surface area (Å²) in [5, 5.41) is 0. The Kier molecular flexibility index (Phi) is 11.1. The maximum Gasteiger partial charge on any atom is 0.229 e. The van der Waals surface area contributed by atoms with E-state index in [4.69, 9.17) is 9.16 Å². The highest BCUT2D eigenvalue weighted by Gasteiger charge is 2.30. The van der Waals surface area contributed by atoms with E-state index >= 15 is 0 Å². The number of benzene rings is 1. The Balaban J connectivity index is 0.000000749. The van der Waals surface area contributed by atoms with Crippen LogP contribution in [0, 0.1) is 5.41 Å². The summed E-state index contributed by atoms with van der Waals surface area (Å²) in [5.41, 5.74) is 2.73. The smallest absolute Gasteiger partial charge is 0.229 e. The van der Waals surface area contributed by atoms with Crippen molar-refractivity contribution in [3.63, 3.8) is 0 Å². The van der Waals surface area contributed by atoms with Gasteiger partial charge >= 0.3 is 0 Å². The zero-order valence-corrected chi connectivity index (χ0v) is 21.2. The molecule has 5 nitrogen and oxygen atoms in total. The molecule has 1 atom stereocenters. The van der Waals surface area contributed by atoms with Crippen molar-refractivity contribution < 1.29 is 17.6 Å². The van der Waals surface area contributed by atoms with Crippen molar-refractivity contribution in [2.45, 2.75) is 40.0 Å². The lowest BCUT2D eigenvalue weighted by atomic mass is 9.83. The molecule has 1 aliphatic rings. The largest absolute Gasteiger partial charge is 0.413 e. The molecule has 1 aliphatic heterocycles. The monoisotopic (exact) mass is 461 g/mol. The second kappa shape index (κ2) is 12.2. The highest BCUT2D eigenvalue weighted by molar-refractivity contribution is 8.13. The fourth-order valence-corrected chi connectivity index (χ4v) is 4.23. The Morgan fingerprint density at radius 1 is 1.24 bits per heavy atom. The van der Waals surface area contributed by atoms with Crippen molar-refractivity contribution in [2.75, 3.05) is 39.1 Å². The first-order valence-corrected chi connectivity index (χ1v) is 15.5. The molecule has 0 saturated carbocycles. The fourth-order valence-electron chi connectivity index (χ4n) is 3.10. The average molecular weight is 462 g/mol. The first-order chi connectivity index (χ1) is 13.4. The third-order valence-electron chi connectivity index (χ3n) is 4.19. The predicted octanol–water partition coefficient (Wildman–Crippen LogP) is 4.00. The van der Waals surface area contributed by atoms with Crippen molar-refractivity contribution in [1.82, 2.24) is 4.90 Å². The van der Waals surface area contributed by atoms with E-state index < -0.39 is 18.1 Å². The molecule has 0 N–H and O–H groups in total. The summed E-state index contributed by atoms with van der Waals surface area (Å²) in [7, 11) is 0.175. The molecule has 1 saturated heterocycles. The number of halogens is 1. The molecule has 0 radical (unpaired) electrons. The lowest BCUT2D eigenvalue weighted by molar-refractivity contribution is 0.0362. The van der Waals surface area contributed by atoms with E-state index in [9.17, 15) is 8.42 Å². The second-order valence-corrected chi connectivity index (χ2v) is 14.0. The quantitative estimate of drug-likeness (QED) is 0.473. The first-order valence-electron chi connectivity index (χ1n) is 9.97. The lowest BCUT2D eigenvalue weighted by Crippen LogP contribution is -2.42. The van der Waals surface area contributed by atoms with Gasteiger partial charge in [0.1, 0.15) is 0 Å². The number of morpholine rings is 1. The molecule has 166 valence electrons. The Labute approximate surface area is 183 Å². The topological polar surface area (TPSA) is 55.8 Å². The van der Waals surface area contributed by atoms with Crippen LogP contribution < -0.4 is 0 Å². The summed E-state index contributed by atoms with van der Waals surface area (Å²) < 4.78 is 30.8. The molecule has 1 aromatic rings. The molecule has 8 heteroatoms. The summed E-state index contributed by atoms with van der Waals surface area (Å²) in [6.45, 7) is 16.0. The molecule has 1 aromatic carbocycles. The van der Waals surface area contributed by atoms with Gasteiger partial charge in [-0.15, -0.1) is 0 Å². The minimum atomic E-state index is -3.19. The van der Waals surface area contributed by atoms with Crippen LogP contribution in [0.3, 0.4) is 0 Å². The van der Waals surface area contributed by atoms with Gasteiger partial charge in [0.05, 0.1) is 25.6 Å². The Morgan fingerprint density at radius 3 is 2.21 bits per heavy atom. The second-order valence-electron chi connectivity index (χ2n) is 8.63. The zero-order valence-electron chi connectivity index (χ0n) is 18.5. The fraction of sp³-hybridized carbons (Fsp3) is 0.619. The summed E-state index contributed by atoms with van der Waals surface area (Å²) in [6, 6.07) is 10.6. The summed E-state index contributed by atoms with van der Waals surface area (Å²) >= 11 is 0. The summed E-state index contributed by atoms with van der Waals surface area (Å²) in [5.74, 6) is 0. The van der Waals surface area contributed by atoms with Crippen molar-refractivity contribution in [3.05, 3.63) is 41.5 Å². The SMILES string of the molecule is CS(=O)(=O)Cl.C[SiH](C)OC(C(=Cc1ccccc1)CN1CCOCC1)C(C)(C)C. The van der Waals surface area contributed by atoms with Gasteiger partial charge in [-0.1, -0.05) is 57.2 Å². The van der Waals surface area contributed by atoms with Gasteiger partial charge in [-0.05, 0) is 29.6 Å². The van der Waals surface area contributed by atoms with Crippen LogP contribution >= 0.6 is 10.7 Å². The van der Waals surface area contributed by atoms with Crippen LogP contribution in [0.1, 0.15) is 26.3 Å². The van der Waals surface area contributed by atoms with Gasteiger partial charge in [0, 0.05) is 30.3 Å². The molecule has 1 fully saturated rings. The summed E-state index contributed by atoms with van der Waals surface area (Å²) in [6.07, 6.45) is 3.42.